The van der Waals surface area contributed by atoms with Crippen molar-refractivity contribution in [2.75, 3.05) is 6.61 Å². The van der Waals surface area contributed by atoms with Crippen LogP contribution in [0.5, 0.6) is 0 Å². The molecule has 3 fully saturated rings. The zero-order valence-electron chi connectivity index (χ0n) is 23.0. The van der Waals surface area contributed by atoms with Gasteiger partial charge in [0.05, 0.1) is 12.5 Å². The molecular formula is C26H33As2NaO11. The van der Waals surface area contributed by atoms with Crippen LogP contribution in [-0.4, -0.2) is 84.1 Å². The first-order valence-electron chi connectivity index (χ1n) is 12.8. The Morgan fingerprint density at radius 1 is 1.18 bits per heavy atom. The van der Waals surface area contributed by atoms with E-state index in [1.54, 1.807) is 12.2 Å². The number of hydrogen-bond acceptors (Lipinski definition) is 11. The van der Waals surface area contributed by atoms with Gasteiger partial charge in [-0.3, -0.25) is 14.4 Å². The average Bonchev–Trinajstić information content (AvgIpc) is 3.14. The first kappa shape index (κ1) is 35.6. The van der Waals surface area contributed by atoms with Crippen LogP contribution in [0.1, 0.15) is 59.3 Å². The van der Waals surface area contributed by atoms with Crippen LogP contribution in [0, 0.1) is 34.5 Å². The van der Waals surface area contributed by atoms with E-state index in [0.717, 1.165) is 12.0 Å². The van der Waals surface area contributed by atoms with E-state index >= 15 is 0 Å². The van der Waals surface area contributed by atoms with Gasteiger partial charge in [0.1, 0.15) is 5.60 Å². The Kier molecular flexibility index (Phi) is 12.6. The van der Waals surface area contributed by atoms with Crippen molar-refractivity contribution >= 4 is 55.6 Å². The molecule has 0 aromatic heterocycles. The van der Waals surface area contributed by atoms with Gasteiger partial charge in [0.25, 0.3) is 0 Å². The third-order valence-electron chi connectivity index (χ3n) is 9.39. The SMILES string of the molecule is C[C@H]1C[C@@H]2[C@H]([C@@H](O)C[C@@]3(C)[C@H]2CC[C@]3(O)C(=O)COC(=O)CCC(=O)[O-])[C@@]2(C)C=CC(=O)C=C12.O=[As]O[As]=O.[Na+]. The zero-order valence-corrected chi connectivity index (χ0v) is 28.8. The number of ketones is 2. The number of hydrogen-bond donors (Lipinski definition) is 2. The molecule has 0 saturated heterocycles. The second-order valence-electron chi connectivity index (χ2n) is 11.3. The predicted octanol–water partition coefficient (Wildman–Crippen LogP) is -3.18. The van der Waals surface area contributed by atoms with Gasteiger partial charge in [-0.15, -0.1) is 0 Å². The number of ether oxygens (including phenoxy) is 1. The Morgan fingerprint density at radius 3 is 2.40 bits per heavy atom. The molecule has 8 atom stereocenters. The van der Waals surface area contributed by atoms with Crippen molar-refractivity contribution in [3.05, 3.63) is 23.8 Å². The molecule has 0 heterocycles. The third kappa shape index (κ3) is 6.78. The van der Waals surface area contributed by atoms with Gasteiger partial charge in [-0.1, -0.05) is 32.4 Å². The smallest absolute Gasteiger partial charge is 1.00 e. The van der Waals surface area contributed by atoms with E-state index in [2.05, 4.69) is 16.6 Å². The molecule has 14 heteroatoms. The van der Waals surface area contributed by atoms with Crippen LogP contribution in [0.2, 0.25) is 0 Å². The Labute approximate surface area is 268 Å². The summed E-state index contributed by atoms with van der Waals surface area (Å²) in [5.74, 6) is -2.85. The van der Waals surface area contributed by atoms with Gasteiger partial charge in [-0.25, -0.2) is 0 Å². The maximum atomic E-state index is 13.1. The van der Waals surface area contributed by atoms with Crippen molar-refractivity contribution in [1.82, 2.24) is 0 Å². The summed E-state index contributed by atoms with van der Waals surface area (Å²) < 4.78 is 27.3. The van der Waals surface area contributed by atoms with Crippen molar-refractivity contribution in [3.8, 4) is 0 Å². The minimum atomic E-state index is -1.75. The molecule has 0 amide bonds. The minimum absolute atomic E-state index is 0. The number of carboxylic acid groups (broad SMARTS) is 1. The first-order chi connectivity index (χ1) is 18.2. The molecular weight excluding hydrogens is 661 g/mol. The van der Waals surface area contributed by atoms with Gasteiger partial charge < -0.3 is 24.9 Å². The summed E-state index contributed by atoms with van der Waals surface area (Å²) in [4.78, 5) is 47.5. The standard InChI is InChI=1S/C26H34O8.As2O3.Na/c1-14-10-16-17-7-9-26(33,20(29)13-34-22(32)5-4-21(30)31)25(17,3)12-19(28)23(16)24(2)8-6-15(27)11-18(14)24;3-1-5-2-4;/h6,8,11,14,16-17,19,23,28,33H,4-5,7,9-10,12-13H2,1-3H3,(H,30,31);;/q;;+1/p-1/t14-,16-,17-,19-,23+,24-,25-,26-;;/m0../s1. The second-order valence-corrected chi connectivity index (χ2v) is 14.1. The molecule has 0 aliphatic heterocycles. The third-order valence-corrected chi connectivity index (χ3v) is 11.1. The predicted molar refractivity (Wildman–Crippen MR) is 132 cm³/mol. The zero-order chi connectivity index (χ0) is 29.2. The molecule has 0 aromatic carbocycles. The molecule has 4 rings (SSSR count). The molecule has 4 aliphatic carbocycles. The Morgan fingerprint density at radius 2 is 1.82 bits per heavy atom. The van der Waals surface area contributed by atoms with Crippen LogP contribution in [0.3, 0.4) is 0 Å². The summed E-state index contributed by atoms with van der Waals surface area (Å²) in [5.41, 5.74) is -2.07. The van der Waals surface area contributed by atoms with Crippen molar-refractivity contribution in [2.45, 2.75) is 71.0 Å². The van der Waals surface area contributed by atoms with Gasteiger partial charge >= 0.3 is 77.8 Å². The average molecular weight is 694 g/mol. The van der Waals surface area contributed by atoms with E-state index in [9.17, 15) is 42.0 Å². The fraction of sp³-hybridized carbons (Fsp3) is 0.692. The first-order valence-corrected chi connectivity index (χ1v) is 15.9. The number of Topliss-reactive ketones (excluding diaryl/α,β-unsaturated/α-hetero) is 1. The normalized spacial score (nSPS) is 37.6. The van der Waals surface area contributed by atoms with E-state index in [4.69, 9.17) is 4.74 Å². The largest absolute Gasteiger partial charge is 1.00 e. The summed E-state index contributed by atoms with van der Waals surface area (Å²) >= 11 is -2.61. The van der Waals surface area contributed by atoms with Crippen molar-refractivity contribution in [3.63, 3.8) is 0 Å². The monoisotopic (exact) mass is 694 g/mol. The van der Waals surface area contributed by atoms with E-state index < -0.39 is 91.8 Å². The van der Waals surface area contributed by atoms with Crippen LogP contribution in [-0.2, 0) is 34.1 Å². The number of aliphatic carboxylic acids is 1. The quantitative estimate of drug-likeness (QED) is 0.193. The number of carbonyl (C=O) groups is 4. The van der Waals surface area contributed by atoms with Crippen LogP contribution in [0.15, 0.2) is 23.8 Å². The van der Waals surface area contributed by atoms with Gasteiger partial charge in [-0.05, 0) is 62.0 Å². The number of carbonyl (C=O) groups excluding carboxylic acids is 4. The van der Waals surface area contributed by atoms with Crippen LogP contribution in [0.25, 0.3) is 0 Å². The number of fused-ring (bicyclic) bond motifs is 5. The summed E-state index contributed by atoms with van der Waals surface area (Å²) in [6, 6.07) is 0. The fourth-order valence-electron chi connectivity index (χ4n) is 7.77. The molecule has 3 saturated carbocycles. The molecule has 11 nitrogen and oxygen atoms in total. The molecule has 40 heavy (non-hydrogen) atoms. The number of aliphatic hydroxyl groups excluding tert-OH is 1. The molecule has 214 valence electrons. The summed E-state index contributed by atoms with van der Waals surface area (Å²) in [6.07, 6.45) is 5.30. The maximum Gasteiger partial charge on any atom is 1.00 e. The topological polar surface area (TPSA) is 184 Å². The number of aliphatic hydroxyl groups is 2. The van der Waals surface area contributed by atoms with E-state index in [0.29, 0.717) is 6.42 Å². The molecule has 2 N–H and O–H groups in total. The van der Waals surface area contributed by atoms with E-state index in [1.807, 2.05) is 13.0 Å². The summed E-state index contributed by atoms with van der Waals surface area (Å²) in [7, 11) is 0. The molecule has 0 bridgehead atoms. The van der Waals surface area contributed by atoms with Crippen LogP contribution < -0.4 is 34.7 Å². The molecule has 0 spiro atoms. The van der Waals surface area contributed by atoms with Crippen molar-refractivity contribution in [1.29, 1.82) is 0 Å². The molecule has 0 radical (unpaired) electrons. The minimum Gasteiger partial charge on any atom is 1.00 e. The van der Waals surface area contributed by atoms with Crippen LogP contribution in [0.4, 0.5) is 0 Å². The Hall–Kier alpha value is -0.643. The van der Waals surface area contributed by atoms with Gasteiger partial charge in [0.2, 0.25) is 5.78 Å². The molecule has 0 aromatic rings. The van der Waals surface area contributed by atoms with Crippen LogP contribution >= 0.6 is 0 Å². The number of rotatable bonds is 8. The second kappa shape index (κ2) is 14.2. The number of allylic oxidation sites excluding steroid dienone is 4. The summed E-state index contributed by atoms with van der Waals surface area (Å²) in [6.45, 7) is 5.36. The number of carboxylic acids is 1. The van der Waals surface area contributed by atoms with E-state index in [-0.39, 0.29) is 71.9 Å². The van der Waals surface area contributed by atoms with Gasteiger partial charge in [0.15, 0.2) is 12.4 Å². The van der Waals surface area contributed by atoms with Crippen molar-refractivity contribution in [2.24, 2.45) is 34.5 Å². The maximum absolute atomic E-state index is 13.1. The van der Waals surface area contributed by atoms with Gasteiger partial charge in [0, 0.05) is 22.7 Å². The summed E-state index contributed by atoms with van der Waals surface area (Å²) in [5, 5.41) is 33.6. The van der Waals surface area contributed by atoms with Gasteiger partial charge in [-0.2, -0.15) is 0 Å². The Balaban J connectivity index is 0.000000858. The number of esters is 1. The Bertz CT molecular complexity index is 1100. The molecule has 4 aliphatic rings. The van der Waals surface area contributed by atoms with E-state index in [1.165, 1.54) is 0 Å². The fourth-order valence-corrected chi connectivity index (χ4v) is 8.12. The molecule has 0 unspecified atom stereocenters. The van der Waals surface area contributed by atoms with Crippen molar-refractivity contribution < 1.29 is 79.0 Å².